The molecule has 2 N–H and O–H groups in total. The Morgan fingerprint density at radius 2 is 2.21 bits per heavy atom. The largest absolute Gasteiger partial charge is 0.373 e. The number of anilines is 1. The summed E-state index contributed by atoms with van der Waals surface area (Å²) in [6.45, 7) is 3.86. The van der Waals surface area contributed by atoms with Crippen molar-refractivity contribution in [1.29, 1.82) is 0 Å². The van der Waals surface area contributed by atoms with Crippen LogP contribution < -0.4 is 10.6 Å². The fourth-order valence-electron chi connectivity index (χ4n) is 1.59. The number of carbonyl (C=O) groups excluding carboxylic acids is 1. The molecule has 0 saturated heterocycles. The molecule has 2 rings (SSSR count). The number of aromatic nitrogens is 2. The molecule has 1 unspecified atom stereocenters. The minimum Gasteiger partial charge on any atom is -0.373 e. The van der Waals surface area contributed by atoms with Crippen LogP contribution in [0.25, 0.3) is 0 Å². The lowest BCUT2D eigenvalue weighted by molar-refractivity contribution is 0.0939. The highest BCUT2D eigenvalue weighted by atomic mass is 32.1. The molecule has 0 aromatic carbocycles. The van der Waals surface area contributed by atoms with Gasteiger partial charge in [-0.2, -0.15) is 0 Å². The maximum atomic E-state index is 12.0. The zero-order chi connectivity index (χ0) is 13.8. The van der Waals surface area contributed by atoms with Crippen LogP contribution in [0.4, 0.5) is 5.82 Å². The second-order valence-electron chi connectivity index (χ2n) is 4.20. The van der Waals surface area contributed by atoms with Crippen LogP contribution in [0.5, 0.6) is 0 Å². The van der Waals surface area contributed by atoms with Crippen LogP contribution in [0, 0.1) is 6.92 Å². The van der Waals surface area contributed by atoms with Crippen LogP contribution >= 0.6 is 11.3 Å². The molecule has 0 fully saturated rings. The number of aryl methyl sites for hydroxylation is 1. The summed E-state index contributed by atoms with van der Waals surface area (Å²) in [4.78, 5) is 20.5. The summed E-state index contributed by atoms with van der Waals surface area (Å²) in [5.74, 6) is 0.593. The molecule has 19 heavy (non-hydrogen) atoms. The Hall–Kier alpha value is -1.95. The average Bonchev–Trinajstić information content (AvgIpc) is 2.85. The van der Waals surface area contributed by atoms with E-state index in [1.54, 1.807) is 36.7 Å². The SMILES string of the molecule is CNc1ccc(C(=O)NC(C)c2nc(C)cs2)cn1. The van der Waals surface area contributed by atoms with Crippen molar-refractivity contribution in [3.63, 3.8) is 0 Å². The van der Waals surface area contributed by atoms with Crippen molar-refractivity contribution in [3.8, 4) is 0 Å². The number of nitrogens with zero attached hydrogens (tertiary/aromatic N) is 2. The summed E-state index contributed by atoms with van der Waals surface area (Å²) < 4.78 is 0. The molecule has 1 amide bonds. The first kappa shape index (κ1) is 13.5. The molecule has 5 nitrogen and oxygen atoms in total. The van der Waals surface area contributed by atoms with Crippen LogP contribution in [0.15, 0.2) is 23.7 Å². The van der Waals surface area contributed by atoms with Crippen molar-refractivity contribution in [2.75, 3.05) is 12.4 Å². The predicted octanol–water partition coefficient (Wildman–Crippen LogP) is 2.38. The third-order valence-electron chi connectivity index (χ3n) is 2.64. The molecule has 100 valence electrons. The van der Waals surface area contributed by atoms with Crippen LogP contribution in [-0.2, 0) is 0 Å². The van der Waals surface area contributed by atoms with Crippen molar-refractivity contribution in [1.82, 2.24) is 15.3 Å². The van der Waals surface area contributed by atoms with Gasteiger partial charge in [0.15, 0.2) is 0 Å². The van der Waals surface area contributed by atoms with Gasteiger partial charge in [-0.25, -0.2) is 9.97 Å². The summed E-state index contributed by atoms with van der Waals surface area (Å²) in [5.41, 5.74) is 1.51. The van der Waals surface area contributed by atoms with Gasteiger partial charge in [-0.15, -0.1) is 11.3 Å². The average molecular weight is 276 g/mol. The van der Waals surface area contributed by atoms with Gasteiger partial charge in [-0.05, 0) is 26.0 Å². The van der Waals surface area contributed by atoms with Crippen molar-refractivity contribution in [3.05, 3.63) is 40.0 Å². The van der Waals surface area contributed by atoms with E-state index in [9.17, 15) is 4.79 Å². The van der Waals surface area contributed by atoms with Gasteiger partial charge < -0.3 is 10.6 Å². The van der Waals surface area contributed by atoms with Crippen molar-refractivity contribution in [2.45, 2.75) is 19.9 Å². The fraction of sp³-hybridized carbons (Fsp3) is 0.308. The molecule has 2 aromatic heterocycles. The van der Waals surface area contributed by atoms with Crippen LogP contribution in [-0.4, -0.2) is 22.9 Å². The van der Waals surface area contributed by atoms with Gasteiger partial charge in [0.2, 0.25) is 0 Å². The Morgan fingerprint density at radius 3 is 2.74 bits per heavy atom. The van der Waals surface area contributed by atoms with Gasteiger partial charge in [-0.3, -0.25) is 4.79 Å². The minimum atomic E-state index is -0.143. The smallest absolute Gasteiger partial charge is 0.253 e. The Balaban J connectivity index is 2.03. The molecule has 0 spiro atoms. The Labute approximate surface area is 116 Å². The van der Waals surface area contributed by atoms with Gasteiger partial charge in [0.25, 0.3) is 5.91 Å². The normalized spacial score (nSPS) is 11.9. The summed E-state index contributed by atoms with van der Waals surface area (Å²) in [5, 5.41) is 8.70. The summed E-state index contributed by atoms with van der Waals surface area (Å²) in [7, 11) is 1.79. The van der Waals surface area contributed by atoms with Crippen molar-refractivity contribution >= 4 is 23.1 Å². The highest BCUT2D eigenvalue weighted by Gasteiger charge is 2.14. The molecule has 0 radical (unpaired) electrons. The molecule has 2 heterocycles. The van der Waals surface area contributed by atoms with E-state index in [0.29, 0.717) is 5.56 Å². The second kappa shape index (κ2) is 5.79. The third kappa shape index (κ3) is 3.29. The van der Waals surface area contributed by atoms with Crippen LogP contribution in [0.2, 0.25) is 0 Å². The molecular formula is C13H16N4OS. The number of pyridine rings is 1. The number of hydrogen-bond acceptors (Lipinski definition) is 5. The maximum absolute atomic E-state index is 12.0. The molecule has 6 heteroatoms. The van der Waals surface area contributed by atoms with E-state index in [2.05, 4.69) is 20.6 Å². The number of amides is 1. The van der Waals surface area contributed by atoms with Gasteiger partial charge >= 0.3 is 0 Å². The van der Waals surface area contributed by atoms with Gasteiger partial charge in [0.05, 0.1) is 11.6 Å². The topological polar surface area (TPSA) is 66.9 Å². The van der Waals surface area contributed by atoms with E-state index in [-0.39, 0.29) is 11.9 Å². The number of carbonyl (C=O) groups is 1. The van der Waals surface area contributed by atoms with E-state index < -0.39 is 0 Å². The quantitative estimate of drug-likeness (QED) is 0.899. The van der Waals surface area contributed by atoms with Crippen molar-refractivity contribution in [2.24, 2.45) is 0 Å². The molecule has 1 atom stereocenters. The van der Waals surface area contributed by atoms with Crippen LogP contribution in [0.1, 0.15) is 34.0 Å². The summed E-state index contributed by atoms with van der Waals surface area (Å²) in [6, 6.07) is 3.41. The van der Waals surface area contributed by atoms with Crippen LogP contribution in [0.3, 0.4) is 0 Å². The molecule has 0 bridgehead atoms. The summed E-state index contributed by atoms with van der Waals surface area (Å²) in [6.07, 6.45) is 1.56. The van der Waals surface area contributed by atoms with E-state index in [1.165, 1.54) is 0 Å². The molecule has 0 saturated carbocycles. The fourth-order valence-corrected chi connectivity index (χ4v) is 2.39. The highest BCUT2D eigenvalue weighted by molar-refractivity contribution is 7.09. The molecular weight excluding hydrogens is 260 g/mol. The minimum absolute atomic E-state index is 0.102. The third-order valence-corrected chi connectivity index (χ3v) is 3.78. The highest BCUT2D eigenvalue weighted by Crippen LogP contribution is 2.18. The lowest BCUT2D eigenvalue weighted by atomic mass is 10.2. The van der Waals surface area contributed by atoms with Gasteiger partial charge in [-0.1, -0.05) is 0 Å². The Morgan fingerprint density at radius 1 is 1.42 bits per heavy atom. The van der Waals surface area contributed by atoms with Crippen molar-refractivity contribution < 1.29 is 4.79 Å². The van der Waals surface area contributed by atoms with E-state index in [1.807, 2.05) is 19.2 Å². The van der Waals surface area contributed by atoms with E-state index in [0.717, 1.165) is 16.5 Å². The molecule has 0 aliphatic rings. The lowest BCUT2D eigenvalue weighted by Crippen LogP contribution is -2.26. The zero-order valence-electron chi connectivity index (χ0n) is 11.1. The maximum Gasteiger partial charge on any atom is 0.253 e. The van der Waals surface area contributed by atoms with Gasteiger partial charge in [0.1, 0.15) is 10.8 Å². The Kier molecular flexibility index (Phi) is 4.11. The molecule has 2 aromatic rings. The number of hydrogen-bond donors (Lipinski definition) is 2. The summed E-state index contributed by atoms with van der Waals surface area (Å²) >= 11 is 1.55. The number of thiazole rings is 1. The number of nitrogens with one attached hydrogen (secondary N) is 2. The van der Waals surface area contributed by atoms with E-state index >= 15 is 0 Å². The molecule has 0 aliphatic carbocycles. The van der Waals surface area contributed by atoms with E-state index in [4.69, 9.17) is 0 Å². The zero-order valence-corrected chi connectivity index (χ0v) is 11.9. The molecule has 0 aliphatic heterocycles. The second-order valence-corrected chi connectivity index (χ2v) is 5.09. The monoisotopic (exact) mass is 276 g/mol. The predicted molar refractivity (Wildman–Crippen MR) is 76.5 cm³/mol. The Bertz CT molecular complexity index is 564. The standard InChI is InChI=1S/C13H16N4OS/c1-8-7-19-13(16-8)9(2)17-12(18)10-4-5-11(14-3)15-6-10/h4-7,9H,1-3H3,(H,14,15)(H,17,18). The lowest BCUT2D eigenvalue weighted by Gasteiger charge is -2.11. The number of rotatable bonds is 4. The van der Waals surface area contributed by atoms with Gasteiger partial charge in [0, 0.05) is 24.3 Å². The first-order chi connectivity index (χ1) is 9.10. The first-order valence-electron chi connectivity index (χ1n) is 5.97. The first-order valence-corrected chi connectivity index (χ1v) is 6.85.